The van der Waals surface area contributed by atoms with Gasteiger partial charge in [0.15, 0.2) is 0 Å². The summed E-state index contributed by atoms with van der Waals surface area (Å²) in [5, 5.41) is 0. The van der Waals surface area contributed by atoms with Crippen LogP contribution >= 0.6 is 0 Å². The molecule has 0 radical (unpaired) electrons. The van der Waals surface area contributed by atoms with Gasteiger partial charge in [-0.25, -0.2) is 4.39 Å². The molecule has 1 saturated heterocycles. The minimum Gasteiger partial charge on any atom is -0.303 e. The Morgan fingerprint density at radius 3 is 3.00 bits per heavy atom. The van der Waals surface area contributed by atoms with Crippen LogP contribution in [0.3, 0.4) is 0 Å². The summed E-state index contributed by atoms with van der Waals surface area (Å²) in [5.41, 5.74) is 0. The molecule has 0 aromatic rings. The molecule has 0 aromatic heterocycles. The minimum absolute atomic E-state index is 0.572. The Morgan fingerprint density at radius 1 is 1.44 bits per heavy atom. The molecule has 9 heavy (non-hydrogen) atoms. The highest BCUT2D eigenvalue weighted by Gasteiger charge is 2.12. The molecule has 1 nitrogen and oxygen atoms in total. The van der Waals surface area contributed by atoms with Gasteiger partial charge in [-0.1, -0.05) is 0 Å². The zero-order valence-corrected chi connectivity index (χ0v) is 5.94. The van der Waals surface area contributed by atoms with E-state index in [9.17, 15) is 4.39 Å². The number of likely N-dealkylation sites (tertiary alicyclic amines) is 1. The Labute approximate surface area is 55.8 Å². The summed E-state index contributed by atoms with van der Waals surface area (Å²) in [5.74, 6) is 0. The van der Waals surface area contributed by atoms with Gasteiger partial charge in [-0.15, -0.1) is 0 Å². The van der Waals surface area contributed by atoms with Crippen molar-refractivity contribution >= 4 is 0 Å². The van der Waals surface area contributed by atoms with E-state index in [0.29, 0.717) is 6.54 Å². The Hall–Kier alpha value is -0.110. The summed E-state index contributed by atoms with van der Waals surface area (Å²) in [7, 11) is 1.98. The van der Waals surface area contributed by atoms with Gasteiger partial charge in [-0.3, -0.25) is 0 Å². The van der Waals surface area contributed by atoms with Gasteiger partial charge >= 0.3 is 0 Å². The third-order valence-electron chi connectivity index (χ3n) is 1.82. The van der Waals surface area contributed by atoms with Crippen LogP contribution < -0.4 is 0 Å². The zero-order valence-electron chi connectivity index (χ0n) is 5.94. The fraction of sp³-hybridized carbons (Fsp3) is 1.00. The third-order valence-corrected chi connectivity index (χ3v) is 1.82. The molecule has 0 aromatic carbocycles. The van der Waals surface area contributed by atoms with E-state index in [4.69, 9.17) is 0 Å². The van der Waals surface area contributed by atoms with Crippen LogP contribution in [0, 0.1) is 0 Å². The highest BCUT2D eigenvalue weighted by atomic mass is 19.1. The summed E-state index contributed by atoms with van der Waals surface area (Å²) in [4.78, 5) is 2.07. The van der Waals surface area contributed by atoms with Gasteiger partial charge in [0.05, 0.1) is 0 Å². The van der Waals surface area contributed by atoms with Crippen LogP contribution in [0.25, 0.3) is 0 Å². The largest absolute Gasteiger partial charge is 0.303 e. The molecule has 0 spiro atoms. The number of rotatable bonds is 0. The number of hydrogen-bond acceptors (Lipinski definition) is 1. The van der Waals surface area contributed by atoms with Gasteiger partial charge in [0.2, 0.25) is 0 Å². The lowest BCUT2D eigenvalue weighted by Gasteiger charge is -2.13. The number of nitrogens with zero attached hydrogens (tertiary/aromatic N) is 1. The maximum absolute atomic E-state index is 12.7. The first-order valence-electron chi connectivity index (χ1n) is 3.61. The van der Waals surface area contributed by atoms with Gasteiger partial charge in [0, 0.05) is 6.54 Å². The summed E-state index contributed by atoms with van der Waals surface area (Å²) in [6.45, 7) is 1.71. The molecular weight excluding hydrogens is 117 g/mol. The van der Waals surface area contributed by atoms with Crippen LogP contribution in [0.5, 0.6) is 0 Å². The molecule has 0 N–H and O–H groups in total. The molecule has 0 bridgehead atoms. The van der Waals surface area contributed by atoms with E-state index in [1.807, 2.05) is 7.05 Å². The molecule has 2 heteroatoms. The summed E-state index contributed by atoms with van der Waals surface area (Å²) < 4.78 is 12.7. The standard InChI is InChI=1S/C7H14FN/c1-9-5-3-2-4-7(8)6-9/h7H,2-6H2,1H3. The smallest absolute Gasteiger partial charge is 0.113 e. The first-order chi connectivity index (χ1) is 4.29. The van der Waals surface area contributed by atoms with Crippen molar-refractivity contribution < 1.29 is 4.39 Å². The van der Waals surface area contributed by atoms with E-state index < -0.39 is 6.17 Å². The lowest BCUT2D eigenvalue weighted by molar-refractivity contribution is 0.237. The third kappa shape index (κ3) is 2.31. The molecule has 1 rings (SSSR count). The molecule has 54 valence electrons. The monoisotopic (exact) mass is 131 g/mol. The summed E-state index contributed by atoms with van der Waals surface area (Å²) in [6, 6.07) is 0. The van der Waals surface area contributed by atoms with E-state index in [1.54, 1.807) is 0 Å². The van der Waals surface area contributed by atoms with Crippen molar-refractivity contribution in [3.05, 3.63) is 0 Å². The minimum atomic E-state index is -0.572. The van der Waals surface area contributed by atoms with Crippen LogP contribution in [-0.4, -0.2) is 31.2 Å². The van der Waals surface area contributed by atoms with E-state index in [1.165, 1.54) is 0 Å². The molecule has 1 aliphatic rings. The van der Waals surface area contributed by atoms with Gasteiger partial charge in [0.25, 0.3) is 0 Å². The molecular formula is C7H14FN. The van der Waals surface area contributed by atoms with E-state index in [0.717, 1.165) is 25.8 Å². The zero-order chi connectivity index (χ0) is 6.69. The second-order valence-corrected chi connectivity index (χ2v) is 2.86. The van der Waals surface area contributed by atoms with Crippen LogP contribution in [0.2, 0.25) is 0 Å². The normalized spacial score (nSPS) is 32.0. The Morgan fingerprint density at radius 2 is 2.22 bits per heavy atom. The van der Waals surface area contributed by atoms with Gasteiger partial charge in [0.1, 0.15) is 6.17 Å². The fourth-order valence-corrected chi connectivity index (χ4v) is 1.27. The van der Waals surface area contributed by atoms with Crippen molar-refractivity contribution in [2.75, 3.05) is 20.1 Å². The van der Waals surface area contributed by atoms with Gasteiger partial charge < -0.3 is 4.90 Å². The van der Waals surface area contributed by atoms with Crippen LogP contribution in [0.1, 0.15) is 19.3 Å². The molecule has 1 aliphatic heterocycles. The highest BCUT2D eigenvalue weighted by molar-refractivity contribution is 4.66. The van der Waals surface area contributed by atoms with Crippen LogP contribution in [0.15, 0.2) is 0 Å². The molecule has 0 saturated carbocycles. The topological polar surface area (TPSA) is 3.24 Å². The summed E-state index contributed by atoms with van der Waals surface area (Å²) in [6.07, 6.45) is 2.42. The van der Waals surface area contributed by atoms with Crippen molar-refractivity contribution in [3.8, 4) is 0 Å². The number of hydrogen-bond donors (Lipinski definition) is 0. The predicted octanol–water partition coefficient (Wildman–Crippen LogP) is 1.44. The van der Waals surface area contributed by atoms with Crippen LogP contribution in [0.4, 0.5) is 4.39 Å². The highest BCUT2D eigenvalue weighted by Crippen LogP contribution is 2.11. The molecule has 1 fully saturated rings. The van der Waals surface area contributed by atoms with Crippen molar-refractivity contribution in [1.29, 1.82) is 0 Å². The first-order valence-corrected chi connectivity index (χ1v) is 3.61. The number of alkyl halides is 1. The van der Waals surface area contributed by atoms with E-state index >= 15 is 0 Å². The Balaban J connectivity index is 2.29. The van der Waals surface area contributed by atoms with E-state index in [-0.39, 0.29) is 0 Å². The van der Waals surface area contributed by atoms with Crippen molar-refractivity contribution in [2.24, 2.45) is 0 Å². The predicted molar refractivity (Wildman–Crippen MR) is 36.2 cm³/mol. The Kier molecular flexibility index (Phi) is 2.46. The second kappa shape index (κ2) is 3.16. The quantitative estimate of drug-likeness (QED) is 0.481. The molecule has 0 amide bonds. The maximum atomic E-state index is 12.7. The SMILES string of the molecule is CN1CCCCC(F)C1. The first kappa shape index (κ1) is 7.00. The van der Waals surface area contributed by atoms with Crippen molar-refractivity contribution in [2.45, 2.75) is 25.4 Å². The molecule has 1 atom stereocenters. The van der Waals surface area contributed by atoms with Crippen LogP contribution in [-0.2, 0) is 0 Å². The number of halogens is 1. The lowest BCUT2D eigenvalue weighted by Crippen LogP contribution is -2.24. The van der Waals surface area contributed by atoms with Crippen molar-refractivity contribution in [3.63, 3.8) is 0 Å². The average molecular weight is 131 g/mol. The lowest BCUT2D eigenvalue weighted by atomic mass is 10.2. The Bertz CT molecular complexity index is 75.0. The second-order valence-electron chi connectivity index (χ2n) is 2.86. The maximum Gasteiger partial charge on any atom is 0.113 e. The molecule has 0 aliphatic carbocycles. The molecule has 1 heterocycles. The van der Waals surface area contributed by atoms with Gasteiger partial charge in [-0.05, 0) is 32.9 Å². The fourth-order valence-electron chi connectivity index (χ4n) is 1.27. The summed E-state index contributed by atoms with van der Waals surface area (Å²) >= 11 is 0. The van der Waals surface area contributed by atoms with Gasteiger partial charge in [-0.2, -0.15) is 0 Å². The molecule has 1 unspecified atom stereocenters. The van der Waals surface area contributed by atoms with E-state index in [2.05, 4.69) is 4.90 Å². The van der Waals surface area contributed by atoms with Crippen molar-refractivity contribution in [1.82, 2.24) is 4.90 Å². The average Bonchev–Trinajstić information content (AvgIpc) is 1.93.